The third-order valence-electron chi connectivity index (χ3n) is 11.6. The van der Waals surface area contributed by atoms with Gasteiger partial charge in [-0.1, -0.05) is 133 Å². The Morgan fingerprint density at radius 2 is 0.814 bits per heavy atom. The Bertz CT molecular complexity index is 3250. The third-order valence-corrected chi connectivity index (χ3v) is 17.9. The smallest absolute Gasteiger partial charge is 0.241 e. The van der Waals surface area contributed by atoms with E-state index in [9.17, 15) is 0 Å². The van der Waals surface area contributed by atoms with Gasteiger partial charge in [-0.2, -0.15) is 9.97 Å². The Balaban J connectivity index is 1.11. The molecule has 0 radical (unpaired) electrons. The zero-order valence-corrected chi connectivity index (χ0v) is 33.0. The number of hydrogen-bond donors (Lipinski definition) is 0. The molecule has 0 spiro atoms. The molecule has 2 aliphatic rings. The summed E-state index contributed by atoms with van der Waals surface area (Å²) in [6, 6.07) is 55.2. The van der Waals surface area contributed by atoms with Crippen LogP contribution in [0.1, 0.15) is 0 Å². The average Bonchev–Trinajstić information content (AvgIpc) is 3.88. The molecule has 0 fully saturated rings. The highest BCUT2D eigenvalue weighted by Gasteiger charge is 2.42. The van der Waals surface area contributed by atoms with Crippen molar-refractivity contribution in [2.24, 2.45) is 0 Å². The molecule has 0 saturated heterocycles. The molecule has 6 heterocycles. The minimum Gasteiger partial charge on any atom is -0.309 e. The Kier molecular flexibility index (Phi) is 7.31. The first-order chi connectivity index (χ1) is 29.0. The van der Waals surface area contributed by atoms with Crippen molar-refractivity contribution in [3.05, 3.63) is 182 Å². The monoisotopic (exact) mass is 796 g/mol. The van der Waals surface area contributed by atoms with E-state index in [-0.39, 0.29) is 0 Å². The summed E-state index contributed by atoms with van der Waals surface area (Å²) in [7, 11) is -6.51. The van der Waals surface area contributed by atoms with E-state index in [1.165, 1.54) is 0 Å². The fourth-order valence-electron chi connectivity index (χ4n) is 8.95. The molecule has 2 aliphatic heterocycles. The second kappa shape index (κ2) is 12.7. The van der Waals surface area contributed by atoms with Crippen molar-refractivity contribution in [2.75, 3.05) is 0 Å². The molecule has 0 bridgehead atoms. The van der Waals surface area contributed by atoms with Crippen LogP contribution in [-0.2, 0) is 9.13 Å². The Morgan fingerprint density at radius 3 is 1.29 bits per heavy atom. The number of pyridine rings is 2. The van der Waals surface area contributed by atoms with E-state index >= 15 is 9.13 Å². The lowest BCUT2D eigenvalue weighted by Crippen LogP contribution is -2.21. The lowest BCUT2D eigenvalue weighted by molar-refractivity contribution is 0.592. The van der Waals surface area contributed by atoms with E-state index in [1.54, 1.807) is 12.4 Å². The molecule has 59 heavy (non-hydrogen) atoms. The van der Waals surface area contributed by atoms with Crippen LogP contribution in [0.2, 0.25) is 0 Å². The number of fused-ring (bicyclic) bond motifs is 9. The summed E-state index contributed by atoms with van der Waals surface area (Å²) in [5.41, 5.74) is 6.45. The standard InChI is InChI=1S/C49H30N6O2P2/c56-58(33-13-3-1-4-14-33)41-21-9-7-17-35(41)37-25-23-31(29-43(37)58)45-52-46(54-49(53-45)55-47-39(19-11-27-50-47)40-20-12-28-51-48(40)55)32-24-26-38-36-18-8-10-22-42(36)59(57,44(38)30-32)34-15-5-2-6-16-34/h1-30H. The second-order valence-electron chi connectivity index (χ2n) is 14.8. The van der Waals surface area contributed by atoms with Crippen LogP contribution in [-0.4, -0.2) is 29.5 Å². The average molecular weight is 797 g/mol. The maximum absolute atomic E-state index is 15.6. The van der Waals surface area contributed by atoms with E-state index in [1.807, 2.05) is 174 Å². The zero-order chi connectivity index (χ0) is 39.3. The first kappa shape index (κ1) is 34.0. The molecule has 4 aromatic heterocycles. The molecular formula is C49H30N6O2P2. The predicted molar refractivity (Wildman–Crippen MR) is 237 cm³/mol. The molecule has 8 nitrogen and oxygen atoms in total. The molecule has 10 aromatic rings. The molecule has 10 heteroatoms. The van der Waals surface area contributed by atoms with Crippen LogP contribution < -0.4 is 31.8 Å². The van der Waals surface area contributed by atoms with Gasteiger partial charge in [0.15, 0.2) is 25.9 Å². The van der Waals surface area contributed by atoms with Crippen molar-refractivity contribution < 1.29 is 9.13 Å². The maximum Gasteiger partial charge on any atom is 0.241 e. The van der Waals surface area contributed by atoms with E-state index in [0.717, 1.165) is 64.9 Å². The number of hydrogen-bond acceptors (Lipinski definition) is 7. The van der Waals surface area contributed by atoms with Gasteiger partial charge in [-0.3, -0.25) is 0 Å². The van der Waals surface area contributed by atoms with E-state index < -0.39 is 14.3 Å². The van der Waals surface area contributed by atoms with Gasteiger partial charge in [0, 0.05) is 66.1 Å². The highest BCUT2D eigenvalue weighted by atomic mass is 31.2. The van der Waals surface area contributed by atoms with Crippen molar-refractivity contribution in [1.82, 2.24) is 29.5 Å². The van der Waals surface area contributed by atoms with Crippen LogP contribution in [0.3, 0.4) is 0 Å². The summed E-state index contributed by atoms with van der Waals surface area (Å²) in [5, 5.41) is 6.49. The van der Waals surface area contributed by atoms with Crippen molar-refractivity contribution >= 4 is 68.2 Å². The van der Waals surface area contributed by atoms with Gasteiger partial charge in [0.2, 0.25) is 5.95 Å². The van der Waals surface area contributed by atoms with E-state index in [2.05, 4.69) is 0 Å². The Hall–Kier alpha value is -7.11. The molecule has 2 unspecified atom stereocenters. The van der Waals surface area contributed by atoms with E-state index in [0.29, 0.717) is 40.0 Å². The fraction of sp³-hybridized carbons (Fsp3) is 0. The van der Waals surface area contributed by atoms with Gasteiger partial charge in [0.05, 0.1) is 0 Å². The molecule has 2 atom stereocenters. The quantitative estimate of drug-likeness (QED) is 0.162. The Labute approximate surface area is 338 Å². The molecule has 0 saturated carbocycles. The highest BCUT2D eigenvalue weighted by molar-refractivity contribution is 7.87. The fourth-order valence-corrected chi connectivity index (χ4v) is 15.1. The third kappa shape index (κ3) is 4.82. The minimum atomic E-state index is -3.25. The van der Waals surface area contributed by atoms with Crippen LogP contribution >= 0.6 is 14.3 Å². The summed E-state index contributed by atoms with van der Waals surface area (Å²) in [6.45, 7) is 0. The summed E-state index contributed by atoms with van der Waals surface area (Å²) >= 11 is 0. The van der Waals surface area contributed by atoms with Crippen LogP contribution in [0.25, 0.3) is 73.0 Å². The highest BCUT2D eigenvalue weighted by Crippen LogP contribution is 2.54. The van der Waals surface area contributed by atoms with Gasteiger partial charge in [-0.25, -0.2) is 19.5 Å². The first-order valence-electron chi connectivity index (χ1n) is 19.3. The number of aromatic nitrogens is 6. The molecule has 278 valence electrons. The number of rotatable bonds is 5. The van der Waals surface area contributed by atoms with Gasteiger partial charge in [0.25, 0.3) is 0 Å². The molecule has 12 rings (SSSR count). The lowest BCUT2D eigenvalue weighted by atomic mass is 10.0. The van der Waals surface area contributed by atoms with Crippen LogP contribution in [0.4, 0.5) is 0 Å². The minimum absolute atomic E-state index is 0.326. The van der Waals surface area contributed by atoms with Gasteiger partial charge < -0.3 is 9.13 Å². The van der Waals surface area contributed by atoms with Crippen LogP contribution in [0, 0.1) is 0 Å². The van der Waals surface area contributed by atoms with Crippen LogP contribution in [0.15, 0.2) is 182 Å². The lowest BCUT2D eigenvalue weighted by Gasteiger charge is -2.17. The molecular weight excluding hydrogens is 767 g/mol. The maximum atomic E-state index is 15.6. The SMILES string of the molecule is O=P1(c2ccccc2)c2ccccc2-c2ccc(-c3nc(-c4ccc5c(c4)P(=O)(c4ccccc4)c4ccccc4-5)nc(-n4c5ncccc5c5cccnc54)n3)cc21. The van der Waals surface area contributed by atoms with Gasteiger partial charge in [0.1, 0.15) is 11.3 Å². The number of benzene rings is 6. The summed E-state index contributed by atoms with van der Waals surface area (Å²) in [4.78, 5) is 25.1. The van der Waals surface area contributed by atoms with Gasteiger partial charge in [-0.05, 0) is 58.7 Å². The second-order valence-corrected chi connectivity index (χ2v) is 20.2. The van der Waals surface area contributed by atoms with Crippen molar-refractivity contribution in [1.29, 1.82) is 0 Å². The molecule has 6 aromatic carbocycles. The predicted octanol–water partition coefficient (Wildman–Crippen LogP) is 8.33. The molecule has 0 aliphatic carbocycles. The topological polar surface area (TPSA) is 104 Å². The van der Waals surface area contributed by atoms with Crippen LogP contribution in [0.5, 0.6) is 0 Å². The molecule has 0 N–H and O–H groups in total. The number of nitrogens with zero attached hydrogens (tertiary/aromatic N) is 6. The van der Waals surface area contributed by atoms with Gasteiger partial charge >= 0.3 is 0 Å². The first-order valence-corrected chi connectivity index (χ1v) is 22.7. The van der Waals surface area contributed by atoms with Crippen molar-refractivity contribution in [3.8, 4) is 51.0 Å². The summed E-state index contributed by atoms with van der Waals surface area (Å²) < 4.78 is 33.0. The van der Waals surface area contributed by atoms with Crippen molar-refractivity contribution in [3.63, 3.8) is 0 Å². The summed E-state index contributed by atoms with van der Waals surface area (Å²) in [5.74, 6) is 1.10. The molecule has 0 amide bonds. The van der Waals surface area contributed by atoms with Crippen molar-refractivity contribution in [2.45, 2.75) is 0 Å². The Morgan fingerprint density at radius 1 is 0.390 bits per heavy atom. The normalized spacial score (nSPS) is 17.4. The van der Waals surface area contributed by atoms with E-state index in [4.69, 9.17) is 24.9 Å². The largest absolute Gasteiger partial charge is 0.309 e. The summed E-state index contributed by atoms with van der Waals surface area (Å²) in [6.07, 6.45) is 3.50. The zero-order valence-electron chi connectivity index (χ0n) is 31.2. The van der Waals surface area contributed by atoms with Gasteiger partial charge in [-0.15, -0.1) is 0 Å².